The Morgan fingerprint density at radius 3 is 2.48 bits per heavy atom. The summed E-state index contributed by atoms with van der Waals surface area (Å²) < 4.78 is 0. The number of rotatable bonds is 6. The Kier molecular flexibility index (Phi) is 5.79. The summed E-state index contributed by atoms with van der Waals surface area (Å²) in [6.45, 7) is 4.76. The average Bonchev–Trinajstić information content (AvgIpc) is 2.86. The number of urea groups is 1. The molecule has 1 aliphatic heterocycles. The molecule has 7 nitrogen and oxygen atoms in total. The molecule has 0 unspecified atom stereocenters. The molecular formula is C20H28N4O3. The maximum atomic E-state index is 12.8. The van der Waals surface area contributed by atoms with Crippen LogP contribution in [0.5, 0.6) is 0 Å². The standard InChI is InChI=1S/C20H28N4O3/c1-15(2)23(13-16-9-5-3-6-10-16)14-17(25)22-24-18(26)20(21-19(24)27)11-7-4-8-12-20/h3,5-6,9-10,15H,4,7-8,11-14H2,1-2H3,(H,21,27)(H,22,25). The van der Waals surface area contributed by atoms with Crippen molar-refractivity contribution in [1.82, 2.24) is 20.7 Å². The van der Waals surface area contributed by atoms with E-state index in [1.165, 1.54) is 0 Å². The van der Waals surface area contributed by atoms with Crippen LogP contribution in [-0.4, -0.2) is 45.9 Å². The van der Waals surface area contributed by atoms with Gasteiger partial charge in [-0.05, 0) is 32.3 Å². The highest BCUT2D eigenvalue weighted by atomic mass is 16.2. The molecule has 2 N–H and O–H groups in total. The predicted molar refractivity (Wildman–Crippen MR) is 101 cm³/mol. The van der Waals surface area contributed by atoms with Crippen LogP contribution in [0.25, 0.3) is 0 Å². The molecule has 2 aliphatic rings. The number of hydrogen-bond acceptors (Lipinski definition) is 4. The van der Waals surface area contributed by atoms with Gasteiger partial charge in [-0.1, -0.05) is 49.6 Å². The van der Waals surface area contributed by atoms with Crippen LogP contribution in [-0.2, 0) is 16.1 Å². The fourth-order valence-corrected chi connectivity index (χ4v) is 3.80. The number of benzene rings is 1. The van der Waals surface area contributed by atoms with E-state index >= 15 is 0 Å². The summed E-state index contributed by atoms with van der Waals surface area (Å²) in [5.41, 5.74) is 2.79. The first-order valence-electron chi connectivity index (χ1n) is 9.65. The zero-order valence-corrected chi connectivity index (χ0v) is 16.0. The third-order valence-electron chi connectivity index (χ3n) is 5.41. The Morgan fingerprint density at radius 2 is 1.85 bits per heavy atom. The highest BCUT2D eigenvalue weighted by Gasteiger charge is 2.52. The van der Waals surface area contributed by atoms with E-state index in [1.54, 1.807) is 0 Å². The van der Waals surface area contributed by atoms with Crippen molar-refractivity contribution in [3.05, 3.63) is 35.9 Å². The molecule has 0 aromatic heterocycles. The van der Waals surface area contributed by atoms with Gasteiger partial charge in [0.05, 0.1) is 6.54 Å². The first-order valence-corrected chi connectivity index (χ1v) is 9.65. The number of amides is 4. The minimum absolute atomic E-state index is 0.108. The quantitative estimate of drug-likeness (QED) is 0.750. The summed E-state index contributed by atoms with van der Waals surface area (Å²) in [4.78, 5) is 39.6. The van der Waals surface area contributed by atoms with Crippen molar-refractivity contribution in [2.45, 2.75) is 64.1 Å². The number of nitrogens with zero attached hydrogens (tertiary/aromatic N) is 2. The molecular weight excluding hydrogens is 344 g/mol. The number of carbonyl (C=O) groups excluding carboxylic acids is 3. The molecule has 0 radical (unpaired) electrons. The van der Waals surface area contributed by atoms with Crippen molar-refractivity contribution < 1.29 is 14.4 Å². The second-order valence-corrected chi connectivity index (χ2v) is 7.73. The maximum Gasteiger partial charge on any atom is 0.344 e. The van der Waals surface area contributed by atoms with Gasteiger partial charge in [-0.15, -0.1) is 0 Å². The minimum atomic E-state index is -0.829. The smallest absolute Gasteiger partial charge is 0.322 e. The van der Waals surface area contributed by atoms with Crippen molar-refractivity contribution in [2.24, 2.45) is 0 Å². The third kappa shape index (κ3) is 4.30. The number of hydrogen-bond donors (Lipinski definition) is 2. The topological polar surface area (TPSA) is 81.8 Å². The normalized spacial score (nSPS) is 19.0. The Balaban J connectivity index is 1.62. The molecule has 2 fully saturated rings. The average molecular weight is 372 g/mol. The summed E-state index contributed by atoms with van der Waals surface area (Å²) in [7, 11) is 0. The Bertz CT molecular complexity index is 698. The van der Waals surface area contributed by atoms with E-state index in [9.17, 15) is 14.4 Å². The second-order valence-electron chi connectivity index (χ2n) is 7.73. The van der Waals surface area contributed by atoms with Gasteiger partial charge >= 0.3 is 6.03 Å². The predicted octanol–water partition coefficient (Wildman–Crippen LogP) is 2.18. The van der Waals surface area contributed by atoms with Gasteiger partial charge in [-0.3, -0.25) is 19.9 Å². The molecule has 1 saturated heterocycles. The summed E-state index contributed by atoms with van der Waals surface area (Å²) in [6, 6.07) is 9.51. The second kappa shape index (κ2) is 8.08. The summed E-state index contributed by atoms with van der Waals surface area (Å²) in [5.74, 6) is -0.698. The first-order chi connectivity index (χ1) is 12.9. The van der Waals surface area contributed by atoms with Crippen molar-refractivity contribution >= 4 is 17.8 Å². The Labute approximate surface area is 160 Å². The zero-order valence-electron chi connectivity index (χ0n) is 16.0. The van der Waals surface area contributed by atoms with Gasteiger partial charge in [-0.2, -0.15) is 5.01 Å². The Hall–Kier alpha value is -2.41. The van der Waals surface area contributed by atoms with Crippen LogP contribution in [0.4, 0.5) is 4.79 Å². The van der Waals surface area contributed by atoms with Crippen LogP contribution >= 0.6 is 0 Å². The van der Waals surface area contributed by atoms with Gasteiger partial charge in [0.15, 0.2) is 0 Å². The van der Waals surface area contributed by atoms with Crippen LogP contribution in [0.1, 0.15) is 51.5 Å². The van der Waals surface area contributed by atoms with Gasteiger partial charge in [0, 0.05) is 12.6 Å². The molecule has 0 atom stereocenters. The van der Waals surface area contributed by atoms with Gasteiger partial charge < -0.3 is 5.32 Å². The van der Waals surface area contributed by atoms with E-state index in [0.717, 1.165) is 29.8 Å². The highest BCUT2D eigenvalue weighted by Crippen LogP contribution is 2.32. The molecule has 1 aromatic rings. The van der Waals surface area contributed by atoms with Crippen LogP contribution < -0.4 is 10.7 Å². The van der Waals surface area contributed by atoms with E-state index in [-0.39, 0.29) is 24.4 Å². The SMILES string of the molecule is CC(C)N(CC(=O)NN1C(=O)NC2(CCCCC2)C1=O)Cc1ccccc1. The van der Waals surface area contributed by atoms with E-state index < -0.39 is 11.6 Å². The van der Waals surface area contributed by atoms with Crippen LogP contribution in [0.15, 0.2) is 30.3 Å². The lowest BCUT2D eigenvalue weighted by Gasteiger charge is -2.30. The molecule has 7 heteroatoms. The lowest BCUT2D eigenvalue weighted by Crippen LogP contribution is -2.52. The summed E-state index contributed by atoms with van der Waals surface area (Å²) in [5, 5.41) is 3.67. The molecule has 0 bridgehead atoms. The maximum absolute atomic E-state index is 12.8. The van der Waals surface area contributed by atoms with Gasteiger partial charge in [0.25, 0.3) is 11.8 Å². The van der Waals surface area contributed by atoms with E-state index in [2.05, 4.69) is 10.7 Å². The van der Waals surface area contributed by atoms with Crippen molar-refractivity contribution in [3.8, 4) is 0 Å². The van der Waals surface area contributed by atoms with Gasteiger partial charge in [0.2, 0.25) is 0 Å². The molecule has 146 valence electrons. The fraction of sp³-hybridized carbons (Fsp3) is 0.550. The highest BCUT2D eigenvalue weighted by molar-refractivity contribution is 6.08. The van der Waals surface area contributed by atoms with Gasteiger partial charge in [0.1, 0.15) is 5.54 Å². The van der Waals surface area contributed by atoms with Crippen molar-refractivity contribution in [3.63, 3.8) is 0 Å². The number of carbonyl (C=O) groups is 3. The summed E-state index contributed by atoms with van der Waals surface area (Å²) >= 11 is 0. The van der Waals surface area contributed by atoms with Gasteiger partial charge in [-0.25, -0.2) is 4.79 Å². The molecule has 1 aromatic carbocycles. The molecule has 1 spiro atoms. The van der Waals surface area contributed by atoms with Crippen LogP contribution in [0.2, 0.25) is 0 Å². The third-order valence-corrected chi connectivity index (χ3v) is 5.41. The molecule has 3 rings (SSSR count). The first kappa shape index (κ1) is 19.4. The van der Waals surface area contributed by atoms with Crippen molar-refractivity contribution in [2.75, 3.05) is 6.54 Å². The molecule has 1 aliphatic carbocycles. The fourth-order valence-electron chi connectivity index (χ4n) is 3.80. The molecule has 27 heavy (non-hydrogen) atoms. The van der Waals surface area contributed by atoms with E-state index in [4.69, 9.17) is 0 Å². The van der Waals surface area contributed by atoms with E-state index in [1.807, 2.05) is 49.1 Å². The number of nitrogens with one attached hydrogen (secondary N) is 2. The zero-order chi connectivity index (χ0) is 19.4. The molecule has 1 heterocycles. The van der Waals surface area contributed by atoms with Crippen LogP contribution in [0, 0.1) is 0 Å². The van der Waals surface area contributed by atoms with Crippen LogP contribution in [0.3, 0.4) is 0 Å². The molecule has 4 amide bonds. The Morgan fingerprint density at radius 1 is 1.19 bits per heavy atom. The monoisotopic (exact) mass is 372 g/mol. The molecule has 1 saturated carbocycles. The number of hydrazine groups is 1. The number of imide groups is 1. The minimum Gasteiger partial charge on any atom is -0.322 e. The summed E-state index contributed by atoms with van der Waals surface area (Å²) in [6.07, 6.45) is 4.16. The lowest BCUT2D eigenvalue weighted by molar-refractivity contribution is -0.140. The van der Waals surface area contributed by atoms with E-state index in [0.29, 0.717) is 19.4 Å². The largest absolute Gasteiger partial charge is 0.344 e. The van der Waals surface area contributed by atoms with Crippen molar-refractivity contribution in [1.29, 1.82) is 0 Å². The lowest BCUT2D eigenvalue weighted by atomic mass is 9.82.